The molecule has 0 aliphatic carbocycles. The van der Waals surface area contributed by atoms with Crippen LogP contribution in [-0.2, 0) is 0 Å². The van der Waals surface area contributed by atoms with Crippen molar-refractivity contribution in [3.8, 4) is 5.75 Å². The number of nitrogen functional groups attached to an aromatic ring is 1. The molecule has 0 amide bonds. The number of hydrogen-bond donors (Lipinski definition) is 1. The molecule has 0 saturated heterocycles. The lowest BCUT2D eigenvalue weighted by molar-refractivity contribution is -0.385. The average Bonchev–Trinajstić information content (AvgIpc) is 2.17. The van der Waals surface area contributed by atoms with E-state index < -0.39 is 4.92 Å². The molecule has 0 aliphatic heterocycles. The Morgan fingerprint density at radius 2 is 2.19 bits per heavy atom. The highest BCUT2D eigenvalue weighted by Crippen LogP contribution is 2.35. The fraction of sp³-hybridized carbons (Fsp3) is 0.300. The van der Waals surface area contributed by atoms with Crippen LogP contribution in [0.5, 0.6) is 5.75 Å². The summed E-state index contributed by atoms with van der Waals surface area (Å²) in [6.07, 6.45) is 0. The number of nitro benzene ring substituents is 1. The van der Waals surface area contributed by atoms with Crippen LogP contribution in [0.1, 0.15) is 24.2 Å². The quantitative estimate of drug-likeness (QED) is 0.364. The molecule has 0 fully saturated rings. The minimum Gasteiger partial charge on any atom is -0.487 e. The highest BCUT2D eigenvalue weighted by molar-refractivity contribution is 6.03. The summed E-state index contributed by atoms with van der Waals surface area (Å²) in [6, 6.07) is 2.56. The zero-order valence-corrected chi connectivity index (χ0v) is 9.02. The second kappa shape index (κ2) is 4.61. The Hall–Kier alpha value is -2.11. The number of ketones is 1. The van der Waals surface area contributed by atoms with E-state index in [1.54, 1.807) is 6.92 Å². The highest BCUT2D eigenvalue weighted by Gasteiger charge is 2.23. The largest absolute Gasteiger partial charge is 0.487 e. The minimum atomic E-state index is -0.600. The SMILES string of the molecule is CCOc1c([N+](=O)[O-])ccc(N)c1C(C)=O. The Bertz CT molecular complexity index is 443. The molecule has 6 heteroatoms. The molecule has 1 aromatic carbocycles. The first-order valence-electron chi connectivity index (χ1n) is 4.69. The maximum Gasteiger partial charge on any atom is 0.311 e. The third-order valence-corrected chi connectivity index (χ3v) is 2.01. The highest BCUT2D eigenvalue weighted by atomic mass is 16.6. The normalized spacial score (nSPS) is 9.88. The summed E-state index contributed by atoms with van der Waals surface area (Å²) in [5, 5.41) is 10.8. The molecule has 0 saturated carbocycles. The van der Waals surface area contributed by atoms with E-state index in [1.807, 2.05) is 0 Å². The number of carbonyl (C=O) groups is 1. The summed E-state index contributed by atoms with van der Waals surface area (Å²) in [5.41, 5.74) is 5.60. The van der Waals surface area contributed by atoms with Crippen LogP contribution in [0, 0.1) is 10.1 Å². The zero-order valence-electron chi connectivity index (χ0n) is 9.02. The average molecular weight is 224 g/mol. The number of ether oxygens (including phenoxy) is 1. The summed E-state index contributed by atoms with van der Waals surface area (Å²) in [7, 11) is 0. The number of carbonyl (C=O) groups excluding carboxylic acids is 1. The topological polar surface area (TPSA) is 95.5 Å². The summed E-state index contributed by atoms with van der Waals surface area (Å²) >= 11 is 0. The van der Waals surface area contributed by atoms with Gasteiger partial charge in [-0.1, -0.05) is 0 Å². The first-order chi connectivity index (χ1) is 7.49. The van der Waals surface area contributed by atoms with Gasteiger partial charge in [0.2, 0.25) is 5.75 Å². The van der Waals surface area contributed by atoms with Crippen molar-refractivity contribution in [1.82, 2.24) is 0 Å². The van der Waals surface area contributed by atoms with Crippen LogP contribution in [0.2, 0.25) is 0 Å². The summed E-state index contributed by atoms with van der Waals surface area (Å²) in [5.74, 6) is -0.412. The predicted octanol–water partition coefficient (Wildman–Crippen LogP) is 1.78. The van der Waals surface area contributed by atoms with E-state index in [0.29, 0.717) is 0 Å². The summed E-state index contributed by atoms with van der Waals surface area (Å²) < 4.78 is 5.13. The maximum atomic E-state index is 11.4. The van der Waals surface area contributed by atoms with Gasteiger partial charge in [-0.25, -0.2) is 0 Å². The van der Waals surface area contributed by atoms with E-state index in [0.717, 1.165) is 0 Å². The number of anilines is 1. The first kappa shape index (κ1) is 12.0. The first-order valence-corrected chi connectivity index (χ1v) is 4.69. The van der Waals surface area contributed by atoms with Crippen molar-refractivity contribution in [2.75, 3.05) is 12.3 Å². The minimum absolute atomic E-state index is 0.0556. The lowest BCUT2D eigenvalue weighted by Gasteiger charge is -2.10. The lowest BCUT2D eigenvalue weighted by atomic mass is 10.1. The van der Waals surface area contributed by atoms with Gasteiger partial charge >= 0.3 is 5.69 Å². The number of nitrogens with two attached hydrogens (primary N) is 1. The number of Topliss-reactive ketones (excluding diaryl/α,β-unsaturated/α-hetero) is 1. The molecule has 1 rings (SSSR count). The van der Waals surface area contributed by atoms with Crippen LogP contribution in [0.3, 0.4) is 0 Å². The van der Waals surface area contributed by atoms with Crippen LogP contribution in [0.4, 0.5) is 11.4 Å². The van der Waals surface area contributed by atoms with E-state index >= 15 is 0 Å². The van der Waals surface area contributed by atoms with Crippen molar-refractivity contribution in [2.24, 2.45) is 0 Å². The monoisotopic (exact) mass is 224 g/mol. The molecule has 0 aromatic heterocycles. The molecule has 0 atom stereocenters. The fourth-order valence-electron chi connectivity index (χ4n) is 1.38. The zero-order chi connectivity index (χ0) is 12.3. The third-order valence-electron chi connectivity index (χ3n) is 2.01. The van der Waals surface area contributed by atoms with Gasteiger partial charge in [0.15, 0.2) is 5.78 Å². The molecule has 0 aliphatic rings. The molecule has 0 radical (unpaired) electrons. The van der Waals surface area contributed by atoms with Gasteiger partial charge in [0.25, 0.3) is 0 Å². The Morgan fingerprint density at radius 3 is 2.62 bits per heavy atom. The molecular weight excluding hydrogens is 212 g/mol. The number of nitrogens with zero attached hydrogens (tertiary/aromatic N) is 1. The molecule has 0 heterocycles. The van der Waals surface area contributed by atoms with E-state index in [2.05, 4.69) is 0 Å². The van der Waals surface area contributed by atoms with Crippen LogP contribution < -0.4 is 10.5 Å². The van der Waals surface area contributed by atoms with Crippen LogP contribution in [0.15, 0.2) is 12.1 Å². The van der Waals surface area contributed by atoms with Gasteiger partial charge in [0, 0.05) is 11.8 Å². The number of benzene rings is 1. The van der Waals surface area contributed by atoms with E-state index in [4.69, 9.17) is 10.5 Å². The van der Waals surface area contributed by atoms with Crippen molar-refractivity contribution >= 4 is 17.2 Å². The summed E-state index contributed by atoms with van der Waals surface area (Å²) in [4.78, 5) is 21.5. The standard InChI is InChI=1S/C10H12N2O4/c1-3-16-10-8(12(14)15)5-4-7(11)9(10)6(2)13/h4-5H,3,11H2,1-2H3. The fourth-order valence-corrected chi connectivity index (χ4v) is 1.38. The van der Waals surface area contributed by atoms with Crippen molar-refractivity contribution in [3.05, 3.63) is 27.8 Å². The molecule has 6 nitrogen and oxygen atoms in total. The van der Waals surface area contributed by atoms with E-state index in [-0.39, 0.29) is 35.1 Å². The van der Waals surface area contributed by atoms with Gasteiger partial charge in [-0.3, -0.25) is 14.9 Å². The van der Waals surface area contributed by atoms with E-state index in [1.165, 1.54) is 19.1 Å². The number of rotatable bonds is 4. The lowest BCUT2D eigenvalue weighted by Crippen LogP contribution is -2.07. The molecule has 86 valence electrons. The van der Waals surface area contributed by atoms with Gasteiger partial charge in [-0.2, -0.15) is 0 Å². The van der Waals surface area contributed by atoms with Crippen LogP contribution in [0.25, 0.3) is 0 Å². The Kier molecular flexibility index (Phi) is 3.44. The van der Waals surface area contributed by atoms with E-state index in [9.17, 15) is 14.9 Å². The van der Waals surface area contributed by atoms with Crippen molar-refractivity contribution in [3.63, 3.8) is 0 Å². The van der Waals surface area contributed by atoms with Crippen LogP contribution >= 0.6 is 0 Å². The number of nitro groups is 1. The molecular formula is C10H12N2O4. The van der Waals surface area contributed by atoms with Gasteiger partial charge in [0.05, 0.1) is 17.1 Å². The molecule has 0 spiro atoms. The van der Waals surface area contributed by atoms with Crippen molar-refractivity contribution in [1.29, 1.82) is 0 Å². The Morgan fingerprint density at radius 1 is 1.56 bits per heavy atom. The van der Waals surface area contributed by atoms with Gasteiger partial charge in [-0.15, -0.1) is 0 Å². The Balaban J connectivity index is 3.49. The molecule has 0 unspecified atom stereocenters. The number of hydrogen-bond acceptors (Lipinski definition) is 5. The van der Waals surface area contributed by atoms with Gasteiger partial charge in [-0.05, 0) is 19.9 Å². The summed E-state index contributed by atoms with van der Waals surface area (Å²) in [6.45, 7) is 3.19. The molecule has 0 bridgehead atoms. The second-order valence-corrected chi connectivity index (χ2v) is 3.12. The third kappa shape index (κ3) is 2.10. The Labute approximate surface area is 92.2 Å². The van der Waals surface area contributed by atoms with Crippen molar-refractivity contribution < 1.29 is 14.5 Å². The second-order valence-electron chi connectivity index (χ2n) is 3.12. The van der Waals surface area contributed by atoms with Gasteiger partial charge in [0.1, 0.15) is 0 Å². The molecule has 1 aromatic rings. The maximum absolute atomic E-state index is 11.4. The smallest absolute Gasteiger partial charge is 0.311 e. The van der Waals surface area contributed by atoms with Gasteiger partial charge < -0.3 is 10.5 Å². The molecule has 2 N–H and O–H groups in total. The molecule has 16 heavy (non-hydrogen) atoms. The van der Waals surface area contributed by atoms with Crippen molar-refractivity contribution in [2.45, 2.75) is 13.8 Å². The van der Waals surface area contributed by atoms with Crippen LogP contribution in [-0.4, -0.2) is 17.3 Å². The predicted molar refractivity (Wildman–Crippen MR) is 58.7 cm³/mol.